The first kappa shape index (κ1) is 20.6. The molecule has 146 valence electrons. The monoisotopic (exact) mass is 422 g/mol. The quantitative estimate of drug-likeness (QED) is 0.410. The van der Waals surface area contributed by atoms with Gasteiger partial charge in [0.2, 0.25) is 5.91 Å². The van der Waals surface area contributed by atoms with Gasteiger partial charge in [-0.05, 0) is 47.6 Å². The smallest absolute Gasteiger partial charge is 0.250 e. The summed E-state index contributed by atoms with van der Waals surface area (Å²) in [7, 11) is 0. The van der Waals surface area contributed by atoms with Gasteiger partial charge in [-0.15, -0.1) is 0 Å². The number of amides is 1. The van der Waals surface area contributed by atoms with Crippen LogP contribution in [-0.4, -0.2) is 11.0 Å². The number of rotatable bonds is 6. The lowest BCUT2D eigenvalue weighted by Gasteiger charge is -2.14. The number of hydrogen-bond donors (Lipinski definition) is 2. The summed E-state index contributed by atoms with van der Waals surface area (Å²) in [4.78, 5) is 12.1. The van der Waals surface area contributed by atoms with Crippen LogP contribution in [0.1, 0.15) is 11.1 Å². The Hall–Kier alpha value is -3.15. The Bertz CT molecular complexity index is 1020. The highest BCUT2D eigenvalue weighted by molar-refractivity contribution is 7.80. The van der Waals surface area contributed by atoms with Crippen molar-refractivity contribution in [1.29, 1.82) is 0 Å². The van der Waals surface area contributed by atoms with Gasteiger partial charge < -0.3 is 10.1 Å². The van der Waals surface area contributed by atoms with Gasteiger partial charge in [0.05, 0.1) is 5.69 Å². The number of nitrogens with one attached hydrogen (secondary N) is 2. The Morgan fingerprint density at radius 3 is 2.45 bits per heavy atom. The van der Waals surface area contributed by atoms with Gasteiger partial charge in [0.1, 0.15) is 12.4 Å². The fraction of sp³-hybridized carbons (Fsp3) is 0.0435. The summed E-state index contributed by atoms with van der Waals surface area (Å²) in [6.45, 7) is 0.430. The summed E-state index contributed by atoms with van der Waals surface area (Å²) in [6.07, 6.45) is 3.02. The third-order valence-corrected chi connectivity index (χ3v) is 4.48. The van der Waals surface area contributed by atoms with Gasteiger partial charge in [-0.1, -0.05) is 72.3 Å². The molecule has 2 N–H and O–H groups in total. The molecule has 3 aromatic carbocycles. The van der Waals surface area contributed by atoms with Crippen molar-refractivity contribution in [3.05, 3.63) is 101 Å². The molecule has 3 aromatic rings. The molecule has 3 rings (SSSR count). The van der Waals surface area contributed by atoms with Crippen LogP contribution in [0.15, 0.2) is 84.9 Å². The lowest BCUT2D eigenvalue weighted by atomic mass is 10.2. The van der Waals surface area contributed by atoms with E-state index in [2.05, 4.69) is 10.6 Å². The SMILES string of the molecule is O=C(/C=C/c1ccccc1Cl)NC(=S)Nc1ccccc1OCc1ccccc1. The second-order valence-electron chi connectivity index (χ2n) is 6.07. The molecule has 29 heavy (non-hydrogen) atoms. The zero-order valence-electron chi connectivity index (χ0n) is 15.5. The highest BCUT2D eigenvalue weighted by Gasteiger charge is 2.07. The molecule has 4 nitrogen and oxygen atoms in total. The Morgan fingerprint density at radius 2 is 1.66 bits per heavy atom. The lowest BCUT2D eigenvalue weighted by Crippen LogP contribution is -2.32. The molecule has 0 saturated heterocycles. The fourth-order valence-corrected chi connectivity index (χ4v) is 2.92. The molecule has 0 aliphatic carbocycles. The number of benzene rings is 3. The highest BCUT2D eigenvalue weighted by atomic mass is 35.5. The number of anilines is 1. The van der Waals surface area contributed by atoms with Gasteiger partial charge in [0.25, 0.3) is 0 Å². The van der Waals surface area contributed by atoms with Crippen LogP contribution in [0.4, 0.5) is 5.69 Å². The molecule has 0 aliphatic rings. The molecule has 0 bridgehead atoms. The van der Waals surface area contributed by atoms with Crippen molar-refractivity contribution in [3.63, 3.8) is 0 Å². The van der Waals surface area contributed by atoms with Gasteiger partial charge in [0.15, 0.2) is 5.11 Å². The summed E-state index contributed by atoms with van der Waals surface area (Å²) in [6, 6.07) is 24.5. The predicted octanol–water partition coefficient (Wildman–Crippen LogP) is 5.45. The van der Waals surface area contributed by atoms with Crippen molar-refractivity contribution >= 4 is 46.6 Å². The minimum Gasteiger partial charge on any atom is -0.487 e. The zero-order valence-corrected chi connectivity index (χ0v) is 17.0. The first-order valence-electron chi connectivity index (χ1n) is 8.92. The number of ether oxygens (including phenoxy) is 1. The maximum absolute atomic E-state index is 12.1. The lowest BCUT2D eigenvalue weighted by molar-refractivity contribution is -0.115. The van der Waals surface area contributed by atoms with Gasteiger partial charge in [-0.25, -0.2) is 0 Å². The number of para-hydroxylation sites is 2. The van der Waals surface area contributed by atoms with Crippen LogP contribution in [0.5, 0.6) is 5.75 Å². The molecule has 1 amide bonds. The van der Waals surface area contributed by atoms with Crippen LogP contribution < -0.4 is 15.4 Å². The Balaban J connectivity index is 1.57. The van der Waals surface area contributed by atoms with E-state index in [1.165, 1.54) is 6.08 Å². The summed E-state index contributed by atoms with van der Waals surface area (Å²) < 4.78 is 5.88. The maximum atomic E-state index is 12.1. The minimum atomic E-state index is -0.356. The Kier molecular flexibility index (Phi) is 7.39. The molecule has 0 heterocycles. The van der Waals surface area contributed by atoms with Crippen molar-refractivity contribution in [2.45, 2.75) is 6.61 Å². The van der Waals surface area contributed by atoms with E-state index in [-0.39, 0.29) is 11.0 Å². The molecule has 0 spiro atoms. The van der Waals surface area contributed by atoms with E-state index in [1.807, 2.05) is 72.8 Å². The van der Waals surface area contributed by atoms with Gasteiger partial charge in [-0.3, -0.25) is 10.1 Å². The number of halogens is 1. The number of hydrogen-bond acceptors (Lipinski definition) is 3. The van der Waals surface area contributed by atoms with Crippen molar-refractivity contribution in [1.82, 2.24) is 5.32 Å². The molecule has 0 unspecified atom stereocenters. The molecule has 0 aliphatic heterocycles. The topological polar surface area (TPSA) is 50.4 Å². The first-order valence-corrected chi connectivity index (χ1v) is 9.71. The third kappa shape index (κ3) is 6.45. The molecule has 0 saturated carbocycles. The van der Waals surface area contributed by atoms with E-state index in [1.54, 1.807) is 12.1 Å². The third-order valence-electron chi connectivity index (χ3n) is 3.93. The van der Waals surface area contributed by atoms with Gasteiger partial charge in [0, 0.05) is 11.1 Å². The molecular weight excluding hydrogens is 404 g/mol. The minimum absolute atomic E-state index is 0.176. The predicted molar refractivity (Wildman–Crippen MR) is 122 cm³/mol. The second kappa shape index (κ2) is 10.4. The van der Waals surface area contributed by atoms with E-state index in [0.29, 0.717) is 23.1 Å². The number of carbonyl (C=O) groups excluding carboxylic acids is 1. The summed E-state index contributed by atoms with van der Waals surface area (Å²) in [5.41, 5.74) is 2.48. The van der Waals surface area contributed by atoms with Crippen molar-refractivity contribution in [3.8, 4) is 5.75 Å². The normalized spacial score (nSPS) is 10.5. The van der Waals surface area contributed by atoms with E-state index in [4.69, 9.17) is 28.6 Å². The maximum Gasteiger partial charge on any atom is 0.250 e. The summed E-state index contributed by atoms with van der Waals surface area (Å²) in [5, 5.41) is 6.36. The van der Waals surface area contributed by atoms with E-state index in [0.717, 1.165) is 11.1 Å². The standard InChI is InChI=1S/C23H19ClN2O2S/c24-19-11-5-4-10-18(19)14-15-22(27)26-23(29)25-20-12-6-7-13-21(20)28-16-17-8-2-1-3-9-17/h1-15H,16H2,(H2,25,26,27,29)/b15-14+. The van der Waals surface area contributed by atoms with Gasteiger partial charge >= 0.3 is 0 Å². The molecular formula is C23H19ClN2O2S. The highest BCUT2D eigenvalue weighted by Crippen LogP contribution is 2.24. The second-order valence-corrected chi connectivity index (χ2v) is 6.88. The number of thiocarbonyl (C=S) groups is 1. The average molecular weight is 423 g/mol. The van der Waals surface area contributed by atoms with Crippen LogP contribution in [-0.2, 0) is 11.4 Å². The van der Waals surface area contributed by atoms with Crippen LogP contribution in [0.2, 0.25) is 5.02 Å². The average Bonchev–Trinajstić information content (AvgIpc) is 2.73. The van der Waals surface area contributed by atoms with E-state index < -0.39 is 0 Å². The molecule has 0 radical (unpaired) electrons. The molecule has 0 aromatic heterocycles. The molecule has 0 fully saturated rings. The Labute approximate surface area is 180 Å². The Morgan fingerprint density at radius 1 is 0.966 bits per heavy atom. The van der Waals surface area contributed by atoms with Crippen molar-refractivity contribution < 1.29 is 9.53 Å². The summed E-state index contributed by atoms with van der Waals surface area (Å²) in [5.74, 6) is 0.282. The molecule has 6 heteroatoms. The molecule has 0 atom stereocenters. The van der Waals surface area contributed by atoms with E-state index in [9.17, 15) is 4.79 Å². The number of carbonyl (C=O) groups is 1. The van der Waals surface area contributed by atoms with Crippen LogP contribution in [0.25, 0.3) is 6.08 Å². The fourth-order valence-electron chi connectivity index (χ4n) is 2.51. The summed E-state index contributed by atoms with van der Waals surface area (Å²) >= 11 is 11.3. The van der Waals surface area contributed by atoms with E-state index >= 15 is 0 Å². The van der Waals surface area contributed by atoms with Crippen LogP contribution in [0.3, 0.4) is 0 Å². The van der Waals surface area contributed by atoms with Crippen LogP contribution in [0, 0.1) is 0 Å². The zero-order chi connectivity index (χ0) is 20.5. The largest absolute Gasteiger partial charge is 0.487 e. The first-order chi connectivity index (χ1) is 14.1. The van der Waals surface area contributed by atoms with Crippen LogP contribution >= 0.6 is 23.8 Å². The van der Waals surface area contributed by atoms with Crippen molar-refractivity contribution in [2.75, 3.05) is 5.32 Å². The van der Waals surface area contributed by atoms with Gasteiger partial charge in [-0.2, -0.15) is 0 Å². The van der Waals surface area contributed by atoms with Crippen molar-refractivity contribution in [2.24, 2.45) is 0 Å².